The van der Waals surface area contributed by atoms with Gasteiger partial charge in [-0.3, -0.25) is 0 Å². The van der Waals surface area contributed by atoms with E-state index in [-0.39, 0.29) is 6.61 Å². The van der Waals surface area contributed by atoms with Gasteiger partial charge in [-0.05, 0) is 79.1 Å². The number of hydrogen-bond donors (Lipinski definition) is 3. The first kappa shape index (κ1) is 40.0. The highest BCUT2D eigenvalue weighted by Crippen LogP contribution is 2.24. The number of thioether (sulfide) groups is 2. The molecule has 250 valence electrons. The predicted molar refractivity (Wildman–Crippen MR) is 195 cm³/mol. The lowest BCUT2D eigenvalue weighted by Gasteiger charge is -2.06. The van der Waals surface area contributed by atoms with Crippen LogP contribution in [-0.4, -0.2) is 59.1 Å². The minimum atomic E-state index is -1.06. The summed E-state index contributed by atoms with van der Waals surface area (Å²) in [6.45, 7) is 3.26. The molecule has 0 spiro atoms. The second-order valence-corrected chi connectivity index (χ2v) is 11.9. The Kier molecular flexibility index (Phi) is 18.6. The van der Waals surface area contributed by atoms with Crippen LogP contribution in [0.4, 0.5) is 0 Å². The average Bonchev–Trinajstić information content (AvgIpc) is 3.09. The highest BCUT2D eigenvalue weighted by Gasteiger charge is 2.07. The van der Waals surface area contributed by atoms with E-state index in [9.17, 15) is 9.59 Å². The van der Waals surface area contributed by atoms with E-state index in [0.717, 1.165) is 20.9 Å². The van der Waals surface area contributed by atoms with Gasteiger partial charge in [0, 0.05) is 36.7 Å². The first-order valence-corrected chi connectivity index (χ1v) is 17.4. The van der Waals surface area contributed by atoms with Crippen LogP contribution in [0.5, 0.6) is 11.5 Å². The van der Waals surface area contributed by atoms with Crippen LogP contribution in [0.25, 0.3) is 0 Å². The number of aliphatic hydroxyl groups excluding tert-OH is 1. The first-order chi connectivity index (χ1) is 23.2. The van der Waals surface area contributed by atoms with Gasteiger partial charge in [-0.15, -0.1) is 23.5 Å². The fraction of sp³-hybridized carbons (Fsp3) is 0.189. The van der Waals surface area contributed by atoms with Crippen molar-refractivity contribution in [1.29, 1.82) is 0 Å². The number of halogens is 2. The van der Waals surface area contributed by atoms with Crippen molar-refractivity contribution in [3.05, 3.63) is 117 Å². The Morgan fingerprint density at radius 3 is 1.58 bits per heavy atom. The van der Waals surface area contributed by atoms with Crippen LogP contribution in [-0.2, 0) is 9.59 Å². The smallest absolute Gasteiger partial charge is 0.341 e. The molecule has 3 N–H and O–H groups in total. The molecule has 0 aliphatic heterocycles. The second-order valence-electron chi connectivity index (χ2n) is 8.98. The van der Waals surface area contributed by atoms with Gasteiger partial charge in [-0.1, -0.05) is 72.9 Å². The molecule has 4 aromatic carbocycles. The minimum Gasteiger partial charge on any atom is -0.481 e. The van der Waals surface area contributed by atoms with Gasteiger partial charge in [0.25, 0.3) is 0 Å². The molecule has 0 aliphatic carbocycles. The Balaban J connectivity index is 0.000000318. The SMILES string of the molecule is CC.CSc1cccc(C#Cc2cc(Cl)ccc2OCC(=O)O)c1.O=C(O)COc1ccc(Cl)cc1C#Cc1cccc(SCCO)c1. The van der Waals surface area contributed by atoms with E-state index in [1.165, 1.54) is 0 Å². The molecule has 0 fully saturated rings. The average molecular weight is 726 g/mol. The van der Waals surface area contributed by atoms with Crippen LogP contribution in [0.2, 0.25) is 10.0 Å². The summed E-state index contributed by atoms with van der Waals surface area (Å²) in [5, 5.41) is 27.3. The van der Waals surface area contributed by atoms with E-state index in [4.69, 9.17) is 48.0 Å². The lowest BCUT2D eigenvalue weighted by Crippen LogP contribution is -2.10. The summed E-state index contributed by atoms with van der Waals surface area (Å²) in [7, 11) is 0. The third kappa shape index (κ3) is 15.1. The van der Waals surface area contributed by atoms with Gasteiger partial charge in [-0.2, -0.15) is 0 Å². The van der Waals surface area contributed by atoms with Gasteiger partial charge in [0.2, 0.25) is 0 Å². The summed E-state index contributed by atoms with van der Waals surface area (Å²) in [5.74, 6) is 11.3. The van der Waals surface area contributed by atoms with Gasteiger partial charge in [0.05, 0.1) is 17.7 Å². The number of carbonyl (C=O) groups is 2. The van der Waals surface area contributed by atoms with E-state index in [2.05, 4.69) is 23.7 Å². The molecule has 0 aromatic heterocycles. The maximum atomic E-state index is 10.6. The number of carboxylic acids is 2. The zero-order valence-electron chi connectivity index (χ0n) is 26.5. The van der Waals surface area contributed by atoms with Crippen molar-refractivity contribution in [2.24, 2.45) is 0 Å². The Hall–Kier alpha value is -4.22. The summed E-state index contributed by atoms with van der Waals surface area (Å²) in [5.41, 5.74) is 2.76. The molecule has 4 aromatic rings. The molecule has 0 saturated heterocycles. The van der Waals surface area contributed by atoms with Crippen molar-refractivity contribution in [1.82, 2.24) is 0 Å². The molecule has 0 atom stereocenters. The zero-order chi connectivity index (χ0) is 35.3. The van der Waals surface area contributed by atoms with Gasteiger partial charge in [0.1, 0.15) is 11.5 Å². The maximum absolute atomic E-state index is 10.6. The van der Waals surface area contributed by atoms with Crippen LogP contribution in [0.1, 0.15) is 36.1 Å². The maximum Gasteiger partial charge on any atom is 0.341 e. The lowest BCUT2D eigenvalue weighted by atomic mass is 10.1. The quantitative estimate of drug-likeness (QED) is 0.110. The molecule has 0 bridgehead atoms. The van der Waals surface area contributed by atoms with E-state index in [0.29, 0.717) is 38.4 Å². The van der Waals surface area contributed by atoms with Crippen LogP contribution in [0.15, 0.2) is 94.7 Å². The molecule has 4 rings (SSSR count). The largest absolute Gasteiger partial charge is 0.481 e. The molecule has 0 heterocycles. The Bertz CT molecular complexity index is 1790. The molecule has 0 aliphatic rings. The van der Waals surface area contributed by atoms with Gasteiger partial charge in [0.15, 0.2) is 13.2 Å². The molecule has 7 nitrogen and oxygen atoms in total. The fourth-order valence-electron chi connectivity index (χ4n) is 3.54. The second kappa shape index (κ2) is 22.4. The zero-order valence-corrected chi connectivity index (χ0v) is 29.6. The number of benzene rings is 4. The lowest BCUT2D eigenvalue weighted by molar-refractivity contribution is -0.140. The Labute approximate surface area is 299 Å². The van der Waals surface area contributed by atoms with Crippen molar-refractivity contribution in [2.75, 3.05) is 31.8 Å². The molecule has 0 saturated carbocycles. The van der Waals surface area contributed by atoms with Gasteiger partial charge >= 0.3 is 11.9 Å². The fourth-order valence-corrected chi connectivity index (χ4v) is 5.05. The van der Waals surface area contributed by atoms with Crippen molar-refractivity contribution in [3.8, 4) is 35.2 Å². The number of carboxylic acid groups (broad SMARTS) is 2. The van der Waals surface area contributed by atoms with E-state index in [1.807, 2.05) is 68.6 Å². The first-order valence-electron chi connectivity index (χ1n) is 14.5. The van der Waals surface area contributed by atoms with E-state index in [1.54, 1.807) is 59.9 Å². The summed E-state index contributed by atoms with van der Waals surface area (Å²) < 4.78 is 10.4. The number of hydrogen-bond acceptors (Lipinski definition) is 7. The number of aliphatic hydroxyl groups is 1. The topological polar surface area (TPSA) is 113 Å². The Morgan fingerprint density at radius 1 is 0.688 bits per heavy atom. The van der Waals surface area contributed by atoms with Crippen LogP contribution < -0.4 is 9.47 Å². The third-order valence-corrected chi connectivity index (χ3v) is 7.70. The van der Waals surface area contributed by atoms with Crippen LogP contribution >= 0.6 is 46.7 Å². The summed E-state index contributed by atoms with van der Waals surface area (Å²) in [4.78, 5) is 23.4. The van der Waals surface area contributed by atoms with Crippen molar-refractivity contribution in [3.63, 3.8) is 0 Å². The molecule has 0 amide bonds. The summed E-state index contributed by atoms with van der Waals surface area (Å²) in [6.07, 6.45) is 2.00. The number of aliphatic carboxylic acids is 2. The van der Waals surface area contributed by atoms with Crippen molar-refractivity contribution >= 4 is 58.7 Å². The number of ether oxygens (including phenoxy) is 2. The van der Waals surface area contributed by atoms with Crippen molar-refractivity contribution < 1.29 is 34.4 Å². The van der Waals surface area contributed by atoms with Gasteiger partial charge < -0.3 is 24.8 Å². The monoisotopic (exact) mass is 724 g/mol. The highest BCUT2D eigenvalue weighted by molar-refractivity contribution is 7.99. The summed E-state index contributed by atoms with van der Waals surface area (Å²) in [6, 6.07) is 25.3. The highest BCUT2D eigenvalue weighted by atomic mass is 35.5. The molecule has 48 heavy (non-hydrogen) atoms. The van der Waals surface area contributed by atoms with Gasteiger partial charge in [-0.25, -0.2) is 9.59 Å². The Morgan fingerprint density at radius 2 is 1.15 bits per heavy atom. The normalized spacial score (nSPS) is 9.54. The van der Waals surface area contributed by atoms with E-state index >= 15 is 0 Å². The third-order valence-electron chi connectivity index (χ3n) is 5.53. The van der Waals surface area contributed by atoms with Crippen LogP contribution in [0, 0.1) is 23.7 Å². The predicted octanol–water partition coefficient (Wildman–Crippen LogP) is 8.24. The molecule has 0 unspecified atom stereocenters. The standard InChI is InChI=1S/C18H15ClO4S.C17H13ClO3S.C2H6/c19-15-6-7-17(23-12-18(21)22)14(11-15)5-4-13-2-1-3-16(10-13)24-9-8-20;1-22-15-4-2-3-12(9-15)5-6-13-10-14(18)7-8-16(13)21-11-17(19)20;1-2/h1-3,6-7,10-11,20H,8-9,12H2,(H,21,22);2-4,7-10H,11H2,1H3,(H,19,20);1-2H3. The molecular weight excluding hydrogens is 691 g/mol. The van der Waals surface area contributed by atoms with Crippen molar-refractivity contribution in [2.45, 2.75) is 23.6 Å². The molecular formula is C37H34Cl2O7S2. The minimum absolute atomic E-state index is 0.118. The molecule has 11 heteroatoms. The van der Waals surface area contributed by atoms with Crippen LogP contribution in [0.3, 0.4) is 0 Å². The summed E-state index contributed by atoms with van der Waals surface area (Å²) >= 11 is 15.1. The number of rotatable bonds is 10. The molecule has 0 radical (unpaired) electrons. The van der Waals surface area contributed by atoms with E-state index < -0.39 is 25.2 Å².